The Hall–Kier alpha value is -20.1. The van der Waals surface area contributed by atoms with Gasteiger partial charge in [-0.15, -0.1) is 0 Å². The van der Waals surface area contributed by atoms with Gasteiger partial charge in [0.05, 0.1) is 105 Å². The van der Waals surface area contributed by atoms with Gasteiger partial charge in [-0.05, 0) is 167 Å². The van der Waals surface area contributed by atoms with Gasteiger partial charge >= 0.3 is 0 Å². The van der Waals surface area contributed by atoms with Gasteiger partial charge in [0.25, 0.3) is 0 Å². The van der Waals surface area contributed by atoms with Gasteiger partial charge in [-0.2, -0.15) is 0 Å². The maximum Gasteiger partial charge on any atom is 0.0978 e. The first-order valence-electron chi connectivity index (χ1n) is 49.9. The second-order valence-electron chi connectivity index (χ2n) is 38.2. The molecule has 0 bridgehead atoms. The van der Waals surface area contributed by atoms with Crippen molar-refractivity contribution in [1.82, 2.24) is 59.8 Å². The molecule has 0 unspecified atom stereocenters. The van der Waals surface area contributed by atoms with E-state index in [0.29, 0.717) is 0 Å². The van der Waals surface area contributed by atoms with Crippen molar-refractivity contribution in [3.05, 3.63) is 474 Å². The number of para-hydroxylation sites is 5. The third-order valence-corrected chi connectivity index (χ3v) is 30.0. The normalized spacial score (nSPS) is 11.9. The van der Waals surface area contributed by atoms with Crippen LogP contribution in [0.5, 0.6) is 0 Å². The van der Waals surface area contributed by atoms with Crippen molar-refractivity contribution in [1.29, 1.82) is 0 Å². The predicted molar refractivity (Wildman–Crippen MR) is 616 cm³/mol. The lowest BCUT2D eigenvalue weighted by Gasteiger charge is -2.21. The molecular formula is C136H78N12. The predicted octanol–water partition coefficient (Wildman–Crippen LogP) is 34.8. The number of rotatable bonds is 7. The summed E-state index contributed by atoms with van der Waals surface area (Å²) in [5.41, 5.74) is 31.6. The van der Waals surface area contributed by atoms with Crippen LogP contribution in [0.4, 0.5) is 0 Å². The van der Waals surface area contributed by atoms with Crippen molar-refractivity contribution in [3.8, 4) is 78.1 Å². The minimum Gasteiger partial charge on any atom is -0.254 e. The van der Waals surface area contributed by atoms with E-state index in [9.17, 15) is 0 Å². The molecule has 148 heavy (non-hydrogen) atoms. The first-order chi connectivity index (χ1) is 73.4. The molecule has 20 aromatic carbocycles. The first-order valence-corrected chi connectivity index (χ1v) is 49.9. The van der Waals surface area contributed by atoms with Crippen molar-refractivity contribution in [3.63, 3.8) is 0 Å². The molecule has 12 nitrogen and oxygen atoms in total. The fourth-order valence-electron chi connectivity index (χ4n) is 23.4. The number of benzene rings is 20. The maximum atomic E-state index is 5.24. The van der Waals surface area contributed by atoms with Gasteiger partial charge < -0.3 is 0 Å². The van der Waals surface area contributed by atoms with Gasteiger partial charge in [-0.25, -0.2) is 34.9 Å². The number of hydrogen-bond donors (Lipinski definition) is 0. The zero-order chi connectivity index (χ0) is 97.1. The Kier molecular flexibility index (Phi) is 19.1. The fraction of sp³-hybridized carbons (Fsp3) is 0. The second kappa shape index (κ2) is 33.8. The minimum atomic E-state index is 0.910. The monoisotopic (exact) mass is 1880 g/mol. The van der Waals surface area contributed by atoms with Crippen LogP contribution in [0.1, 0.15) is 0 Å². The van der Waals surface area contributed by atoms with Crippen molar-refractivity contribution < 1.29 is 0 Å². The van der Waals surface area contributed by atoms with Crippen LogP contribution >= 0.6 is 0 Å². The molecule has 0 fully saturated rings. The Bertz CT molecular complexity index is 10800. The Morgan fingerprint density at radius 3 is 0.649 bits per heavy atom. The molecule has 0 spiro atoms. The average Bonchev–Trinajstić information content (AvgIpc) is 0.699. The van der Waals surface area contributed by atoms with E-state index in [1.165, 1.54) is 92.8 Å². The van der Waals surface area contributed by atoms with Crippen molar-refractivity contribution >= 4 is 239 Å². The number of hydrogen-bond acceptors (Lipinski definition) is 12. The zero-order valence-electron chi connectivity index (χ0n) is 79.4. The van der Waals surface area contributed by atoms with Gasteiger partial charge in [0, 0.05) is 161 Å². The van der Waals surface area contributed by atoms with E-state index < -0.39 is 0 Å². The number of aromatic nitrogens is 12. The molecule has 0 atom stereocenters. The van der Waals surface area contributed by atoms with Crippen LogP contribution < -0.4 is 0 Å². The third-order valence-electron chi connectivity index (χ3n) is 30.0. The molecule has 32 rings (SSSR count). The van der Waals surface area contributed by atoms with Crippen LogP contribution in [0.15, 0.2) is 474 Å². The number of nitrogens with zero attached hydrogens (tertiary/aromatic N) is 12. The first kappa shape index (κ1) is 83.7. The Balaban J connectivity index is 0.000000103. The van der Waals surface area contributed by atoms with E-state index in [1.54, 1.807) is 0 Å². The molecular weight excluding hydrogens is 1800 g/mol. The highest BCUT2D eigenvalue weighted by Gasteiger charge is 2.28. The topological polar surface area (TPSA) is 155 Å². The summed E-state index contributed by atoms with van der Waals surface area (Å²) in [4.78, 5) is 60.0. The van der Waals surface area contributed by atoms with Crippen molar-refractivity contribution in [2.24, 2.45) is 0 Å². The molecule has 12 heteroatoms. The smallest absolute Gasteiger partial charge is 0.0978 e. The van der Waals surface area contributed by atoms with Crippen LogP contribution in [0.3, 0.4) is 0 Å². The zero-order valence-corrected chi connectivity index (χ0v) is 79.4. The Labute approximate surface area is 845 Å². The lowest BCUT2D eigenvalue weighted by Crippen LogP contribution is -1.96. The van der Waals surface area contributed by atoms with Crippen LogP contribution in [0, 0.1) is 0 Å². The van der Waals surface area contributed by atoms with Gasteiger partial charge in [-0.3, -0.25) is 24.9 Å². The highest BCUT2D eigenvalue weighted by Crippen LogP contribution is 2.53. The number of pyridine rings is 12. The largest absolute Gasteiger partial charge is 0.254 e. The van der Waals surface area contributed by atoms with Crippen LogP contribution in [-0.4, -0.2) is 59.8 Å². The Morgan fingerprint density at radius 1 is 0.108 bits per heavy atom. The van der Waals surface area contributed by atoms with Crippen molar-refractivity contribution in [2.75, 3.05) is 0 Å². The maximum absolute atomic E-state index is 5.24. The highest BCUT2D eigenvalue weighted by molar-refractivity contribution is 6.33. The summed E-state index contributed by atoms with van der Waals surface area (Å²) < 4.78 is 0. The number of fused-ring (bicyclic) bond motifs is 31. The molecule has 0 aliphatic carbocycles. The molecule has 0 aliphatic rings. The van der Waals surface area contributed by atoms with Gasteiger partial charge in [-0.1, -0.05) is 358 Å². The van der Waals surface area contributed by atoms with Gasteiger partial charge in [0.1, 0.15) is 0 Å². The summed E-state index contributed by atoms with van der Waals surface area (Å²) in [5, 5.41) is 30.8. The van der Waals surface area contributed by atoms with Crippen LogP contribution in [0.25, 0.3) is 317 Å². The fourth-order valence-corrected chi connectivity index (χ4v) is 23.4. The molecule has 32 aromatic rings. The molecule has 0 saturated heterocycles. The average molecular weight is 1880 g/mol. The van der Waals surface area contributed by atoms with E-state index in [-0.39, 0.29) is 0 Å². The van der Waals surface area contributed by atoms with Crippen LogP contribution in [0.2, 0.25) is 0 Å². The van der Waals surface area contributed by atoms with E-state index in [4.69, 9.17) is 59.8 Å². The molecule has 682 valence electrons. The van der Waals surface area contributed by atoms with Gasteiger partial charge in [0.15, 0.2) is 0 Å². The highest BCUT2D eigenvalue weighted by atomic mass is 14.8. The molecule has 12 heterocycles. The molecule has 0 aliphatic heterocycles. The molecule has 12 aromatic heterocycles. The summed E-state index contributed by atoms with van der Waals surface area (Å²) >= 11 is 0. The lowest BCUT2D eigenvalue weighted by molar-refractivity contribution is 1.36. The molecule has 0 N–H and O–H groups in total. The molecule has 0 saturated carbocycles. The Morgan fingerprint density at radius 2 is 0.324 bits per heavy atom. The second-order valence-corrected chi connectivity index (χ2v) is 38.2. The lowest BCUT2D eigenvalue weighted by atomic mass is 9.82. The third kappa shape index (κ3) is 13.4. The summed E-state index contributed by atoms with van der Waals surface area (Å²) in [7, 11) is 0. The summed E-state index contributed by atoms with van der Waals surface area (Å²) in [6.07, 6.45) is 9.27. The summed E-state index contributed by atoms with van der Waals surface area (Å²) in [5.74, 6) is 0. The minimum absolute atomic E-state index is 0.910. The van der Waals surface area contributed by atoms with E-state index in [0.717, 1.165) is 225 Å². The van der Waals surface area contributed by atoms with Crippen LogP contribution in [-0.2, 0) is 0 Å². The molecule has 0 radical (unpaired) electrons. The summed E-state index contributed by atoms with van der Waals surface area (Å²) in [6.45, 7) is 0. The van der Waals surface area contributed by atoms with E-state index in [1.807, 2.05) is 85.6 Å². The van der Waals surface area contributed by atoms with Crippen molar-refractivity contribution in [2.45, 2.75) is 0 Å². The molecule has 0 amide bonds. The van der Waals surface area contributed by atoms with Gasteiger partial charge in [0.2, 0.25) is 0 Å². The standard InChI is InChI=1S/C50H28N4.C46H26N4.C40H24N4/c1-2-12-34-33(11-1)41-27-31(45-37-13-3-5-15-43(37)53-49-39(45)23-17-29-9-7-25-51-47(29)49)19-21-35(41)36-22-20-32(28-42(34)36)46-38-14-4-6-16-44(38)54-50-40(46)24-18-30-10-8-26-52-48(30)50;1-2-14-30-29(13-1)39(41-33-17-5-7-19-37(33)49-45-35(41)23-21-27-11-9-25-47-43(27)45)31-15-3-4-16-32(31)40(30)42-34-18-6-8-20-38(34)50-46-36(42)24-22-28-12-10-26-48-44(28)46;1-2-7-25(8-3-1)33-22-19-29-16-17-30-20-23-34(43-39(30)38(29)42-33)26-12-14-27(15-13-26)36-31-10-4-5-11-35(31)44-40-32(36)21-18-28-9-6-24-41-37(28)40/h1-28H;1-26H;1-24H. The quantitative estimate of drug-likeness (QED) is 0.110. The van der Waals surface area contributed by atoms with E-state index in [2.05, 4.69) is 388 Å². The SMILES string of the molecule is c1ccc(-c2ccc3ccc4ccc(-c5ccc(-c6c7ccccc7nc7c6ccc6cccnc67)cc5)nc4c3n2)cc1.c1cnc2c(c1)ccc1c(-c3c4ccccc4c(-c4c5ccccc5nc5c4ccc4cccnc45)c4ccccc34)c3ccccc3nc12.c1cnc2c(c1)ccc1c(-c3ccc4c5ccc(-c6c7ccccc7nc7c6ccc6cccnc67)cc5c5ccccc5c4c3)c3ccccc3nc12. The summed E-state index contributed by atoms with van der Waals surface area (Å²) in [6, 6.07) is 157. The van der Waals surface area contributed by atoms with E-state index >= 15 is 0 Å².